The first-order chi connectivity index (χ1) is 16.1. The number of rotatable bonds is 16. The third-order valence-corrected chi connectivity index (χ3v) is 4.93. The summed E-state index contributed by atoms with van der Waals surface area (Å²) < 4.78 is 0. The number of carbonyl (C=O) groups excluding carboxylic acids is 3. The van der Waals surface area contributed by atoms with Crippen LogP contribution in [0.25, 0.3) is 0 Å². The van der Waals surface area contributed by atoms with E-state index in [1.165, 1.54) is 0 Å². The molecule has 0 radical (unpaired) electrons. The maximum Gasteiger partial charge on any atom is 0.326 e. The lowest BCUT2D eigenvalue weighted by Crippen LogP contribution is -2.54. The Morgan fingerprint density at radius 1 is 0.882 bits per heavy atom. The number of carbonyl (C=O) groups is 5. The molecule has 1 rings (SSSR count). The summed E-state index contributed by atoms with van der Waals surface area (Å²) in [6.45, 7) is -0.0867. The first kappa shape index (κ1) is 28.5. The third kappa shape index (κ3) is 11.4. The van der Waals surface area contributed by atoms with Crippen molar-refractivity contribution in [3.05, 3.63) is 35.9 Å². The predicted octanol–water partition coefficient (Wildman–Crippen LogP) is -1.28. The molecule has 0 spiro atoms. The van der Waals surface area contributed by atoms with E-state index >= 15 is 0 Å². The van der Waals surface area contributed by atoms with Gasteiger partial charge in [-0.3, -0.25) is 19.2 Å². The lowest BCUT2D eigenvalue weighted by Gasteiger charge is -2.21. The molecule has 1 aromatic rings. The summed E-state index contributed by atoms with van der Waals surface area (Å²) in [5, 5.41) is 25.3. The van der Waals surface area contributed by atoms with Crippen LogP contribution >= 0.6 is 0 Å². The summed E-state index contributed by atoms with van der Waals surface area (Å²) in [5.74, 6) is -4.37. The van der Waals surface area contributed by atoms with Crippen LogP contribution in [0, 0.1) is 0 Å². The Morgan fingerprint density at radius 2 is 1.56 bits per heavy atom. The van der Waals surface area contributed by atoms with Gasteiger partial charge in [0.25, 0.3) is 0 Å². The van der Waals surface area contributed by atoms with Crippen LogP contribution in [-0.2, 0) is 30.4 Å². The van der Waals surface area contributed by atoms with Crippen LogP contribution in [0.5, 0.6) is 0 Å². The summed E-state index contributed by atoms with van der Waals surface area (Å²) in [4.78, 5) is 59.3. The number of amides is 3. The fourth-order valence-electron chi connectivity index (χ4n) is 3.03. The minimum atomic E-state index is -1.19. The highest BCUT2D eigenvalue weighted by Crippen LogP contribution is 2.05. The lowest BCUT2D eigenvalue weighted by molar-refractivity contribution is -0.142. The van der Waals surface area contributed by atoms with Gasteiger partial charge in [0.2, 0.25) is 17.7 Å². The standard InChI is InChI=1S/C22H33N5O7/c23-11-5-4-8-16(22(33)34)26-18(28)13-25-21(32)17(12-14-6-2-1-3-7-14)27-20(31)15(24)9-10-19(29)30/h1-3,6-7,15-17H,4-5,8-13,23-24H2,(H,25,32)(H,26,28)(H,27,31)(H,29,30)(H,33,34). The average molecular weight is 480 g/mol. The van der Waals surface area contributed by atoms with Crippen LogP contribution in [0.1, 0.15) is 37.7 Å². The number of benzene rings is 1. The number of aliphatic carboxylic acids is 2. The quantitative estimate of drug-likeness (QED) is 0.140. The van der Waals surface area contributed by atoms with E-state index in [9.17, 15) is 29.1 Å². The molecule has 3 atom stereocenters. The van der Waals surface area contributed by atoms with Gasteiger partial charge in [0.15, 0.2) is 0 Å². The Morgan fingerprint density at radius 3 is 2.15 bits per heavy atom. The normalized spacial score (nSPS) is 13.2. The van der Waals surface area contributed by atoms with Crippen molar-refractivity contribution in [1.82, 2.24) is 16.0 Å². The summed E-state index contributed by atoms with van der Waals surface area (Å²) >= 11 is 0. The Kier molecular flexibility index (Phi) is 12.9. The molecule has 0 fully saturated rings. The molecular formula is C22H33N5O7. The van der Waals surface area contributed by atoms with E-state index in [1.54, 1.807) is 30.3 Å². The summed E-state index contributed by atoms with van der Waals surface area (Å²) in [7, 11) is 0. The number of nitrogens with two attached hydrogens (primary N) is 2. The molecule has 0 aliphatic heterocycles. The molecular weight excluding hydrogens is 446 g/mol. The highest BCUT2D eigenvalue weighted by molar-refractivity contribution is 5.92. The van der Waals surface area contributed by atoms with Crippen molar-refractivity contribution in [2.45, 2.75) is 56.7 Å². The topological polar surface area (TPSA) is 214 Å². The van der Waals surface area contributed by atoms with Crippen molar-refractivity contribution in [3.8, 4) is 0 Å². The second kappa shape index (κ2) is 15.3. The minimum absolute atomic E-state index is 0.0997. The summed E-state index contributed by atoms with van der Waals surface area (Å²) in [5.41, 5.74) is 11.9. The molecule has 0 bridgehead atoms. The average Bonchev–Trinajstić information content (AvgIpc) is 2.80. The molecule has 0 saturated carbocycles. The smallest absolute Gasteiger partial charge is 0.326 e. The summed E-state index contributed by atoms with van der Waals surface area (Å²) in [6, 6.07) is 5.49. The third-order valence-electron chi connectivity index (χ3n) is 4.93. The zero-order chi connectivity index (χ0) is 25.5. The highest BCUT2D eigenvalue weighted by Gasteiger charge is 2.25. The second-order valence-electron chi connectivity index (χ2n) is 7.75. The van der Waals surface area contributed by atoms with Crippen LogP contribution in [0.2, 0.25) is 0 Å². The monoisotopic (exact) mass is 479 g/mol. The second-order valence-corrected chi connectivity index (χ2v) is 7.75. The molecule has 188 valence electrons. The zero-order valence-electron chi connectivity index (χ0n) is 18.9. The highest BCUT2D eigenvalue weighted by atomic mass is 16.4. The zero-order valence-corrected chi connectivity index (χ0v) is 18.9. The van der Waals surface area contributed by atoms with Gasteiger partial charge in [0, 0.05) is 12.8 Å². The fraction of sp³-hybridized carbons (Fsp3) is 0.500. The van der Waals surface area contributed by atoms with Crippen molar-refractivity contribution < 1.29 is 34.2 Å². The van der Waals surface area contributed by atoms with Crippen molar-refractivity contribution in [1.29, 1.82) is 0 Å². The fourth-order valence-corrected chi connectivity index (χ4v) is 3.03. The molecule has 1 aromatic carbocycles. The van der Waals surface area contributed by atoms with E-state index in [2.05, 4.69) is 16.0 Å². The Hall–Kier alpha value is -3.51. The maximum atomic E-state index is 12.7. The van der Waals surface area contributed by atoms with Gasteiger partial charge in [-0.1, -0.05) is 30.3 Å². The number of carboxylic acid groups (broad SMARTS) is 2. The lowest BCUT2D eigenvalue weighted by atomic mass is 10.0. The van der Waals surface area contributed by atoms with Crippen molar-refractivity contribution in [2.24, 2.45) is 11.5 Å². The van der Waals surface area contributed by atoms with Gasteiger partial charge in [0.05, 0.1) is 12.6 Å². The Bertz CT molecular complexity index is 834. The molecule has 12 heteroatoms. The van der Waals surface area contributed by atoms with Crippen molar-refractivity contribution >= 4 is 29.7 Å². The Labute approximate surface area is 197 Å². The first-order valence-electron chi connectivity index (χ1n) is 11.0. The molecule has 0 aromatic heterocycles. The van der Waals surface area contributed by atoms with Gasteiger partial charge >= 0.3 is 11.9 Å². The molecule has 3 amide bonds. The molecule has 34 heavy (non-hydrogen) atoms. The predicted molar refractivity (Wildman–Crippen MR) is 122 cm³/mol. The van der Waals surface area contributed by atoms with Gasteiger partial charge in [0.1, 0.15) is 12.1 Å². The van der Waals surface area contributed by atoms with Crippen LogP contribution < -0.4 is 27.4 Å². The van der Waals surface area contributed by atoms with Crippen molar-refractivity contribution in [3.63, 3.8) is 0 Å². The van der Waals surface area contributed by atoms with Crippen LogP contribution in [0.4, 0.5) is 0 Å². The van der Waals surface area contributed by atoms with E-state index in [1.807, 2.05) is 0 Å². The molecule has 12 nitrogen and oxygen atoms in total. The molecule has 0 heterocycles. The van der Waals surface area contributed by atoms with E-state index in [0.717, 1.165) is 5.56 Å². The number of hydrogen-bond acceptors (Lipinski definition) is 7. The molecule has 0 aliphatic carbocycles. The van der Waals surface area contributed by atoms with Crippen LogP contribution in [0.15, 0.2) is 30.3 Å². The molecule has 0 aliphatic rings. The number of unbranched alkanes of at least 4 members (excludes halogenated alkanes) is 1. The number of hydrogen-bond donors (Lipinski definition) is 7. The van der Waals surface area contributed by atoms with Gasteiger partial charge in [-0.05, 0) is 37.8 Å². The Balaban J connectivity index is 2.74. The minimum Gasteiger partial charge on any atom is -0.481 e. The van der Waals surface area contributed by atoms with Crippen LogP contribution in [0.3, 0.4) is 0 Å². The van der Waals surface area contributed by atoms with E-state index in [-0.39, 0.29) is 25.7 Å². The molecule has 0 saturated heterocycles. The van der Waals surface area contributed by atoms with Gasteiger partial charge < -0.3 is 37.6 Å². The molecule has 3 unspecified atom stereocenters. The van der Waals surface area contributed by atoms with Crippen LogP contribution in [-0.4, -0.2) is 71.1 Å². The van der Waals surface area contributed by atoms with Gasteiger partial charge in [-0.2, -0.15) is 0 Å². The van der Waals surface area contributed by atoms with E-state index in [0.29, 0.717) is 19.4 Å². The number of carboxylic acids is 2. The largest absolute Gasteiger partial charge is 0.481 e. The SMILES string of the molecule is NCCCCC(NC(=O)CNC(=O)C(Cc1ccccc1)NC(=O)C(N)CCC(=O)O)C(=O)O. The maximum absolute atomic E-state index is 12.7. The molecule has 9 N–H and O–H groups in total. The van der Waals surface area contributed by atoms with Crippen molar-refractivity contribution in [2.75, 3.05) is 13.1 Å². The van der Waals surface area contributed by atoms with E-state index < -0.39 is 54.3 Å². The van der Waals surface area contributed by atoms with Gasteiger partial charge in [-0.25, -0.2) is 4.79 Å². The van der Waals surface area contributed by atoms with E-state index in [4.69, 9.17) is 16.6 Å². The first-order valence-corrected chi connectivity index (χ1v) is 11.0. The summed E-state index contributed by atoms with van der Waals surface area (Å²) in [6.07, 6.45) is 1.03. The number of nitrogens with one attached hydrogen (secondary N) is 3. The van der Waals surface area contributed by atoms with Gasteiger partial charge in [-0.15, -0.1) is 0 Å².